The molecule has 17 heavy (non-hydrogen) atoms. The Balaban J connectivity index is 2.38. The van der Waals surface area contributed by atoms with E-state index in [1.165, 1.54) is 4.68 Å². The number of carboxylic acid groups (broad SMARTS) is 1. The second-order valence-corrected chi connectivity index (χ2v) is 5.59. The maximum Gasteiger partial charge on any atom is 0.331 e. The summed E-state index contributed by atoms with van der Waals surface area (Å²) < 4.78 is 1.49. The molecule has 1 aliphatic heterocycles. The Hall–Kier alpha value is -1.11. The number of aliphatic carboxylic acids is 1. The van der Waals surface area contributed by atoms with E-state index in [2.05, 4.69) is 15.5 Å². The van der Waals surface area contributed by atoms with Gasteiger partial charge in [-0.25, -0.2) is 9.48 Å². The summed E-state index contributed by atoms with van der Waals surface area (Å²) in [6.07, 6.45) is 1.48. The fraction of sp³-hybridized carbons (Fsp3) is 0.800. The fourth-order valence-electron chi connectivity index (χ4n) is 1.93. The summed E-state index contributed by atoms with van der Waals surface area (Å²) in [7, 11) is 0. The predicted octanol–water partition coefficient (Wildman–Crippen LogP) is 1.10. The van der Waals surface area contributed by atoms with Gasteiger partial charge in [0.1, 0.15) is 0 Å². The van der Waals surface area contributed by atoms with Crippen LogP contribution in [0.15, 0.2) is 0 Å². The number of aromatic nitrogens is 4. The lowest BCUT2D eigenvalue weighted by molar-refractivity contribution is -0.147. The van der Waals surface area contributed by atoms with E-state index in [9.17, 15) is 9.90 Å². The van der Waals surface area contributed by atoms with Gasteiger partial charge >= 0.3 is 5.97 Å². The zero-order valence-corrected chi connectivity index (χ0v) is 10.8. The monoisotopic (exact) mass is 256 g/mol. The van der Waals surface area contributed by atoms with Gasteiger partial charge < -0.3 is 5.11 Å². The summed E-state index contributed by atoms with van der Waals surface area (Å²) in [6, 6.07) is 0. The van der Waals surface area contributed by atoms with E-state index >= 15 is 0 Å². The first kappa shape index (κ1) is 12.3. The molecule has 2 rings (SSSR count). The second kappa shape index (κ2) is 4.64. The van der Waals surface area contributed by atoms with Crippen molar-refractivity contribution in [2.45, 2.75) is 38.1 Å². The molecule has 2 heterocycles. The van der Waals surface area contributed by atoms with Crippen LogP contribution in [0.3, 0.4) is 0 Å². The number of hydrogen-bond acceptors (Lipinski definition) is 5. The van der Waals surface area contributed by atoms with Crippen LogP contribution in [0.2, 0.25) is 0 Å². The molecule has 2 atom stereocenters. The Morgan fingerprint density at radius 1 is 1.71 bits per heavy atom. The lowest BCUT2D eigenvalue weighted by Gasteiger charge is -2.25. The van der Waals surface area contributed by atoms with Crippen molar-refractivity contribution in [3.63, 3.8) is 0 Å². The van der Waals surface area contributed by atoms with E-state index in [0.29, 0.717) is 12.2 Å². The van der Waals surface area contributed by atoms with Crippen molar-refractivity contribution in [1.29, 1.82) is 0 Å². The molecule has 7 heteroatoms. The first-order valence-corrected chi connectivity index (χ1v) is 6.85. The summed E-state index contributed by atoms with van der Waals surface area (Å²) in [5.41, 5.74) is -1.05. The molecule has 1 fully saturated rings. The van der Waals surface area contributed by atoms with E-state index in [1.807, 2.05) is 18.7 Å². The first-order valence-electron chi connectivity index (χ1n) is 5.69. The Labute approximate surface area is 104 Å². The quantitative estimate of drug-likeness (QED) is 0.869. The third kappa shape index (κ3) is 2.03. The van der Waals surface area contributed by atoms with Crippen LogP contribution in [0.1, 0.15) is 38.4 Å². The third-order valence-electron chi connectivity index (χ3n) is 3.41. The van der Waals surface area contributed by atoms with Gasteiger partial charge in [-0.1, -0.05) is 6.92 Å². The van der Waals surface area contributed by atoms with Crippen LogP contribution < -0.4 is 0 Å². The van der Waals surface area contributed by atoms with E-state index in [1.54, 1.807) is 6.92 Å². The van der Waals surface area contributed by atoms with Crippen molar-refractivity contribution in [3.05, 3.63) is 5.82 Å². The maximum absolute atomic E-state index is 11.4. The molecule has 0 spiro atoms. The van der Waals surface area contributed by atoms with Crippen LogP contribution in [0.5, 0.6) is 0 Å². The van der Waals surface area contributed by atoms with Crippen LogP contribution in [-0.4, -0.2) is 42.8 Å². The zero-order valence-electron chi connectivity index (χ0n) is 9.96. The number of tetrazole rings is 1. The van der Waals surface area contributed by atoms with Crippen molar-refractivity contribution < 1.29 is 9.90 Å². The number of carbonyl (C=O) groups is 1. The molecule has 0 aliphatic carbocycles. The molecule has 0 aromatic carbocycles. The average molecular weight is 256 g/mol. The summed E-state index contributed by atoms with van der Waals surface area (Å²) in [4.78, 5) is 11.4. The molecule has 0 saturated carbocycles. The molecular weight excluding hydrogens is 240 g/mol. The SMILES string of the molecule is CCC(C)(C(=O)O)n1nnnc1C1CCSC1. The Bertz CT molecular complexity index is 416. The molecule has 1 aromatic heterocycles. The van der Waals surface area contributed by atoms with Gasteiger partial charge in [-0.05, 0) is 35.9 Å². The standard InChI is InChI=1S/C10H16N4O2S/c1-3-10(2,9(15)16)14-8(11-12-13-14)7-4-5-17-6-7/h7H,3-6H2,1-2H3,(H,15,16). The largest absolute Gasteiger partial charge is 0.479 e. The minimum absolute atomic E-state index is 0.278. The smallest absolute Gasteiger partial charge is 0.331 e. The van der Waals surface area contributed by atoms with Crippen molar-refractivity contribution in [1.82, 2.24) is 20.2 Å². The van der Waals surface area contributed by atoms with Gasteiger partial charge in [-0.3, -0.25) is 0 Å². The molecule has 0 bridgehead atoms. The summed E-state index contributed by atoms with van der Waals surface area (Å²) in [6.45, 7) is 3.50. The highest BCUT2D eigenvalue weighted by Gasteiger charge is 2.39. The van der Waals surface area contributed by atoms with E-state index in [4.69, 9.17) is 0 Å². The molecule has 1 aromatic rings. The molecule has 0 radical (unpaired) electrons. The van der Waals surface area contributed by atoms with Crippen molar-refractivity contribution >= 4 is 17.7 Å². The Kier molecular flexibility index (Phi) is 3.37. The summed E-state index contributed by atoms with van der Waals surface area (Å²) in [5, 5.41) is 20.9. The minimum atomic E-state index is -1.05. The van der Waals surface area contributed by atoms with Crippen LogP contribution in [-0.2, 0) is 10.3 Å². The molecule has 1 saturated heterocycles. The van der Waals surface area contributed by atoms with Gasteiger partial charge in [0.15, 0.2) is 11.4 Å². The second-order valence-electron chi connectivity index (χ2n) is 4.44. The van der Waals surface area contributed by atoms with E-state index < -0.39 is 11.5 Å². The topological polar surface area (TPSA) is 80.9 Å². The normalized spacial score (nSPS) is 23.5. The van der Waals surface area contributed by atoms with Gasteiger partial charge in [0.25, 0.3) is 0 Å². The zero-order chi connectivity index (χ0) is 12.5. The molecule has 0 amide bonds. The van der Waals surface area contributed by atoms with Crippen molar-refractivity contribution in [3.8, 4) is 0 Å². The molecule has 1 N–H and O–H groups in total. The highest BCUT2D eigenvalue weighted by molar-refractivity contribution is 7.99. The van der Waals surface area contributed by atoms with Gasteiger partial charge in [-0.2, -0.15) is 11.8 Å². The van der Waals surface area contributed by atoms with Crippen molar-refractivity contribution in [2.24, 2.45) is 0 Å². The number of rotatable bonds is 4. The highest BCUT2D eigenvalue weighted by atomic mass is 32.2. The van der Waals surface area contributed by atoms with Crippen LogP contribution in [0.25, 0.3) is 0 Å². The molecule has 1 aliphatic rings. The first-order chi connectivity index (χ1) is 8.09. The van der Waals surface area contributed by atoms with Gasteiger partial charge in [0.2, 0.25) is 0 Å². The number of nitrogens with zero attached hydrogens (tertiary/aromatic N) is 4. The number of hydrogen-bond donors (Lipinski definition) is 1. The van der Waals surface area contributed by atoms with Crippen LogP contribution >= 0.6 is 11.8 Å². The molecule has 94 valence electrons. The maximum atomic E-state index is 11.4. The third-order valence-corrected chi connectivity index (χ3v) is 4.57. The Morgan fingerprint density at radius 3 is 3.00 bits per heavy atom. The highest BCUT2D eigenvalue weighted by Crippen LogP contribution is 2.33. The molecule has 6 nitrogen and oxygen atoms in total. The van der Waals surface area contributed by atoms with Crippen LogP contribution in [0.4, 0.5) is 0 Å². The summed E-state index contributed by atoms with van der Waals surface area (Å²) >= 11 is 1.86. The van der Waals surface area contributed by atoms with E-state index in [-0.39, 0.29) is 5.92 Å². The van der Waals surface area contributed by atoms with Gasteiger partial charge in [0, 0.05) is 11.7 Å². The minimum Gasteiger partial charge on any atom is -0.479 e. The number of thioether (sulfide) groups is 1. The average Bonchev–Trinajstić information content (AvgIpc) is 2.97. The Morgan fingerprint density at radius 2 is 2.47 bits per heavy atom. The summed E-state index contributed by atoms with van der Waals surface area (Å²) in [5.74, 6) is 2.16. The lowest BCUT2D eigenvalue weighted by Crippen LogP contribution is -2.40. The van der Waals surface area contributed by atoms with Crippen molar-refractivity contribution in [2.75, 3.05) is 11.5 Å². The van der Waals surface area contributed by atoms with Crippen LogP contribution in [0, 0.1) is 0 Å². The van der Waals surface area contributed by atoms with Gasteiger partial charge in [-0.15, -0.1) is 5.10 Å². The van der Waals surface area contributed by atoms with Gasteiger partial charge in [0.05, 0.1) is 0 Å². The predicted molar refractivity (Wildman–Crippen MR) is 64.1 cm³/mol. The van der Waals surface area contributed by atoms with E-state index in [0.717, 1.165) is 17.9 Å². The molecular formula is C10H16N4O2S. The number of carboxylic acids is 1. The lowest BCUT2D eigenvalue weighted by atomic mass is 9.98. The fourth-order valence-corrected chi connectivity index (χ4v) is 3.15. The molecule has 2 unspecified atom stereocenters.